The van der Waals surface area contributed by atoms with Gasteiger partial charge in [0.1, 0.15) is 5.54 Å². The summed E-state index contributed by atoms with van der Waals surface area (Å²) in [5, 5.41) is 2.93. The van der Waals surface area contributed by atoms with E-state index in [1.807, 2.05) is 13.8 Å². The molecule has 0 aromatic carbocycles. The number of hydrogen-bond acceptors (Lipinski definition) is 3. The smallest absolute Gasteiger partial charge is 0.325 e. The van der Waals surface area contributed by atoms with Crippen molar-refractivity contribution in [1.82, 2.24) is 5.32 Å². The van der Waals surface area contributed by atoms with E-state index in [1.54, 1.807) is 7.05 Å². The Kier molecular flexibility index (Phi) is 5.77. The lowest BCUT2D eigenvalue weighted by atomic mass is 10.0. The molecule has 1 N–H and O–H groups in total. The number of nitrogens with one attached hydrogen (secondary N) is 1. The Hall–Kier alpha value is -0.570. The van der Waals surface area contributed by atoms with Crippen LogP contribution in [-0.2, 0) is 9.53 Å². The van der Waals surface area contributed by atoms with Crippen LogP contribution < -0.4 is 5.32 Å². The Labute approximate surface area is 87.2 Å². The summed E-state index contributed by atoms with van der Waals surface area (Å²) in [6, 6.07) is 0. The number of ether oxygens (including phenoxy) is 1. The largest absolute Gasteiger partial charge is 0.464 e. The molecule has 0 amide bonds. The third-order valence-corrected chi connectivity index (χ3v) is 2.74. The number of rotatable bonds is 6. The van der Waals surface area contributed by atoms with Crippen molar-refractivity contribution in [3.8, 4) is 0 Å². The second-order valence-electron chi connectivity index (χ2n) is 4.16. The SMILES string of the molecule is CCC(CC)COC(=O)C(C)(C)NC. The van der Waals surface area contributed by atoms with Crippen molar-refractivity contribution in [3.05, 3.63) is 0 Å². The summed E-state index contributed by atoms with van der Waals surface area (Å²) < 4.78 is 5.24. The van der Waals surface area contributed by atoms with Gasteiger partial charge in [0.15, 0.2) is 0 Å². The van der Waals surface area contributed by atoms with Gasteiger partial charge in [0.2, 0.25) is 0 Å². The van der Waals surface area contributed by atoms with Gasteiger partial charge in [-0.25, -0.2) is 0 Å². The number of esters is 1. The van der Waals surface area contributed by atoms with Crippen molar-refractivity contribution < 1.29 is 9.53 Å². The second kappa shape index (κ2) is 6.02. The first-order valence-corrected chi connectivity index (χ1v) is 5.34. The lowest BCUT2D eigenvalue weighted by Crippen LogP contribution is -2.46. The van der Waals surface area contributed by atoms with E-state index in [0.29, 0.717) is 12.5 Å². The normalized spacial score (nSPS) is 11.9. The van der Waals surface area contributed by atoms with Crippen LogP contribution in [0.3, 0.4) is 0 Å². The van der Waals surface area contributed by atoms with E-state index in [1.165, 1.54) is 0 Å². The third-order valence-electron chi connectivity index (χ3n) is 2.74. The van der Waals surface area contributed by atoms with Gasteiger partial charge in [-0.15, -0.1) is 0 Å². The second-order valence-corrected chi connectivity index (χ2v) is 4.16. The minimum absolute atomic E-state index is 0.174. The molecule has 0 rings (SSSR count). The average molecular weight is 201 g/mol. The van der Waals surface area contributed by atoms with Crippen LogP contribution in [0, 0.1) is 5.92 Å². The van der Waals surface area contributed by atoms with E-state index in [9.17, 15) is 4.79 Å². The molecule has 0 spiro atoms. The van der Waals surface area contributed by atoms with Crippen LogP contribution in [-0.4, -0.2) is 25.2 Å². The molecule has 0 heterocycles. The van der Waals surface area contributed by atoms with Gasteiger partial charge in [-0.1, -0.05) is 26.7 Å². The van der Waals surface area contributed by atoms with Crippen LogP contribution in [0.15, 0.2) is 0 Å². The fraction of sp³-hybridized carbons (Fsp3) is 0.909. The van der Waals surface area contributed by atoms with Gasteiger partial charge in [0, 0.05) is 0 Å². The Bertz CT molecular complexity index is 174. The highest BCUT2D eigenvalue weighted by molar-refractivity contribution is 5.79. The van der Waals surface area contributed by atoms with E-state index in [4.69, 9.17) is 4.74 Å². The average Bonchev–Trinajstić information content (AvgIpc) is 2.19. The van der Waals surface area contributed by atoms with Gasteiger partial charge in [-0.2, -0.15) is 0 Å². The first kappa shape index (κ1) is 13.4. The Morgan fingerprint density at radius 1 is 1.36 bits per heavy atom. The zero-order valence-corrected chi connectivity index (χ0v) is 10.0. The number of hydrogen-bond donors (Lipinski definition) is 1. The summed E-state index contributed by atoms with van der Waals surface area (Å²) in [5.41, 5.74) is -0.577. The summed E-state index contributed by atoms with van der Waals surface area (Å²) in [6.45, 7) is 8.41. The maximum absolute atomic E-state index is 11.5. The van der Waals surface area contributed by atoms with Crippen LogP contribution in [0.2, 0.25) is 0 Å². The molecule has 0 fully saturated rings. The zero-order valence-electron chi connectivity index (χ0n) is 10.0. The molecule has 3 nitrogen and oxygen atoms in total. The minimum Gasteiger partial charge on any atom is -0.464 e. The van der Waals surface area contributed by atoms with Gasteiger partial charge in [0.05, 0.1) is 6.61 Å². The first-order chi connectivity index (χ1) is 6.47. The van der Waals surface area contributed by atoms with Crippen molar-refractivity contribution >= 4 is 5.97 Å². The van der Waals surface area contributed by atoms with Crippen molar-refractivity contribution in [2.45, 2.75) is 46.1 Å². The summed E-state index contributed by atoms with van der Waals surface area (Å²) in [4.78, 5) is 11.5. The highest BCUT2D eigenvalue weighted by Gasteiger charge is 2.27. The third kappa shape index (κ3) is 4.09. The molecule has 0 aliphatic rings. The van der Waals surface area contributed by atoms with Crippen LogP contribution in [0.25, 0.3) is 0 Å². The molecule has 0 aromatic heterocycles. The minimum atomic E-state index is -0.577. The first-order valence-electron chi connectivity index (χ1n) is 5.34. The highest BCUT2D eigenvalue weighted by atomic mass is 16.5. The molecule has 0 atom stereocenters. The fourth-order valence-electron chi connectivity index (χ4n) is 1.00. The Morgan fingerprint density at radius 2 is 1.86 bits per heavy atom. The summed E-state index contributed by atoms with van der Waals surface area (Å²) >= 11 is 0. The lowest BCUT2D eigenvalue weighted by molar-refractivity contribution is -0.151. The molecule has 0 bridgehead atoms. The molecule has 84 valence electrons. The molecule has 3 heteroatoms. The van der Waals surface area contributed by atoms with Crippen LogP contribution in [0.1, 0.15) is 40.5 Å². The lowest BCUT2D eigenvalue weighted by Gasteiger charge is -2.23. The predicted molar refractivity (Wildman–Crippen MR) is 58.2 cm³/mol. The van der Waals surface area contributed by atoms with E-state index < -0.39 is 5.54 Å². The van der Waals surface area contributed by atoms with E-state index in [-0.39, 0.29) is 5.97 Å². The monoisotopic (exact) mass is 201 g/mol. The molecule has 0 radical (unpaired) electrons. The predicted octanol–water partition coefficient (Wildman–Crippen LogP) is 1.96. The molecular formula is C11H23NO2. The number of carbonyl (C=O) groups excluding carboxylic acids is 1. The van der Waals surface area contributed by atoms with Crippen molar-refractivity contribution in [1.29, 1.82) is 0 Å². The Balaban J connectivity index is 3.95. The molecule has 0 aliphatic heterocycles. The van der Waals surface area contributed by atoms with Gasteiger partial charge < -0.3 is 10.1 Å². The highest BCUT2D eigenvalue weighted by Crippen LogP contribution is 2.10. The molecule has 14 heavy (non-hydrogen) atoms. The Morgan fingerprint density at radius 3 is 2.21 bits per heavy atom. The van der Waals surface area contributed by atoms with E-state index in [0.717, 1.165) is 12.8 Å². The standard InChI is InChI=1S/C11H23NO2/c1-6-9(7-2)8-14-10(13)11(3,4)12-5/h9,12H,6-8H2,1-5H3. The van der Waals surface area contributed by atoms with Crippen LogP contribution in [0.5, 0.6) is 0 Å². The van der Waals surface area contributed by atoms with Crippen LogP contribution >= 0.6 is 0 Å². The fourth-order valence-corrected chi connectivity index (χ4v) is 1.00. The van der Waals surface area contributed by atoms with Crippen molar-refractivity contribution in [2.75, 3.05) is 13.7 Å². The van der Waals surface area contributed by atoms with Gasteiger partial charge >= 0.3 is 5.97 Å². The van der Waals surface area contributed by atoms with E-state index in [2.05, 4.69) is 19.2 Å². The van der Waals surface area contributed by atoms with Crippen molar-refractivity contribution in [2.24, 2.45) is 5.92 Å². The summed E-state index contributed by atoms with van der Waals surface area (Å²) in [5.74, 6) is 0.318. The number of likely N-dealkylation sites (N-methyl/N-ethyl adjacent to an activating group) is 1. The van der Waals surface area contributed by atoms with Crippen molar-refractivity contribution in [3.63, 3.8) is 0 Å². The molecular weight excluding hydrogens is 178 g/mol. The molecule has 0 saturated carbocycles. The molecule has 0 unspecified atom stereocenters. The quantitative estimate of drug-likeness (QED) is 0.668. The zero-order chi connectivity index (χ0) is 11.2. The van der Waals surface area contributed by atoms with Gasteiger partial charge in [0.25, 0.3) is 0 Å². The molecule has 0 aliphatic carbocycles. The summed E-state index contributed by atoms with van der Waals surface area (Å²) in [7, 11) is 1.76. The van der Waals surface area contributed by atoms with Crippen LogP contribution in [0.4, 0.5) is 0 Å². The molecule has 0 saturated heterocycles. The topological polar surface area (TPSA) is 38.3 Å². The maximum Gasteiger partial charge on any atom is 0.325 e. The number of carbonyl (C=O) groups is 1. The maximum atomic E-state index is 11.5. The van der Waals surface area contributed by atoms with Gasteiger partial charge in [-0.05, 0) is 26.8 Å². The van der Waals surface area contributed by atoms with Gasteiger partial charge in [-0.3, -0.25) is 4.79 Å². The van der Waals surface area contributed by atoms with E-state index >= 15 is 0 Å². The summed E-state index contributed by atoms with van der Waals surface area (Å²) in [6.07, 6.45) is 2.12. The molecule has 0 aromatic rings.